The van der Waals surface area contributed by atoms with Gasteiger partial charge in [0, 0.05) is 61.3 Å². The van der Waals surface area contributed by atoms with Crippen LogP contribution in [0.4, 0.5) is 0 Å². The summed E-state index contributed by atoms with van der Waals surface area (Å²) in [6.07, 6.45) is 38.2. The molecule has 2 aliphatic heterocycles. The molecule has 7 aliphatic rings. The van der Waals surface area contributed by atoms with Crippen LogP contribution in [0, 0.1) is 28.6 Å². The van der Waals surface area contributed by atoms with Crippen molar-refractivity contribution in [2.45, 2.75) is 334 Å². The maximum absolute atomic E-state index is 13.7. The number of fused-ring (bicyclic) bond motifs is 2. The van der Waals surface area contributed by atoms with Crippen LogP contribution in [0.5, 0.6) is 11.5 Å². The average Bonchev–Trinajstić information content (AvgIpc) is 1.37. The first-order chi connectivity index (χ1) is 42.4. The van der Waals surface area contributed by atoms with Crippen LogP contribution in [-0.2, 0) is 59.5 Å². The molecule has 88 heavy (non-hydrogen) atoms. The number of carbonyl (C=O) groups is 5. The second-order valence-electron chi connectivity index (χ2n) is 29.4. The molecule has 0 radical (unpaired) electrons. The number of ether oxygens (including phenoxy) is 7. The highest BCUT2D eigenvalue weighted by atomic mass is 16.6. The van der Waals surface area contributed by atoms with Crippen LogP contribution in [-0.4, -0.2) is 109 Å². The van der Waals surface area contributed by atoms with Gasteiger partial charge in [0.05, 0.1) is 24.5 Å². The molecule has 2 heterocycles. The topological polar surface area (TPSA) is 173 Å². The average molecular weight is 1230 g/mol. The Morgan fingerprint density at radius 2 is 1.16 bits per heavy atom. The third-order valence-corrected chi connectivity index (χ3v) is 22.1. The van der Waals surface area contributed by atoms with Crippen LogP contribution in [0.25, 0.3) is 0 Å². The standard InChI is InChI=1S/C74H121NO13/c1-9-11-13-15-17-19-21-23-25-27-29-31-33-37-62(76)84-53-58(54-85-63(77)38-34-32-30-28-26-24-22-20-18-16-14-12-10-2)86-68(80)55(3)49-65(79)83-48-36-35-39-64(78)87-59-43-42-57-50-61-72-44-45-74(82-8,60(51-72)71(7,81)70(4,5)6)69-73(72,66(57)67(59)88-69)46-47-75(61)52-56-40-41-56/h42-43,55-56,58,60-61,69,81H,9-41,44-54H2,1-8H3/t55?,60-,61?,69-,71?,72-,73+,74-/m1/s1. The molecule has 8 atom stereocenters. The summed E-state index contributed by atoms with van der Waals surface area (Å²) in [6, 6.07) is 4.38. The van der Waals surface area contributed by atoms with Gasteiger partial charge in [0.15, 0.2) is 17.6 Å². The van der Waals surface area contributed by atoms with Gasteiger partial charge in [-0.3, -0.25) is 28.9 Å². The molecule has 14 heteroatoms. The lowest BCUT2D eigenvalue weighted by molar-refractivity contribution is -0.312. The Labute approximate surface area is 531 Å². The summed E-state index contributed by atoms with van der Waals surface area (Å²) >= 11 is 0. The number of nitrogens with zero attached hydrogens (tertiary/aromatic N) is 1. The van der Waals surface area contributed by atoms with Gasteiger partial charge in [-0.25, -0.2) is 0 Å². The van der Waals surface area contributed by atoms with E-state index in [0.717, 1.165) is 89.6 Å². The van der Waals surface area contributed by atoms with Crippen LogP contribution in [0.1, 0.15) is 304 Å². The van der Waals surface area contributed by atoms with Crippen molar-refractivity contribution in [2.75, 3.05) is 40.0 Å². The minimum Gasteiger partial charge on any atom is -0.482 e. The van der Waals surface area contributed by atoms with Crippen molar-refractivity contribution in [1.29, 1.82) is 0 Å². The molecule has 5 aliphatic carbocycles. The zero-order valence-electron chi connectivity index (χ0n) is 56.5. The summed E-state index contributed by atoms with van der Waals surface area (Å²) in [5.41, 5.74) is -0.199. The summed E-state index contributed by atoms with van der Waals surface area (Å²) < 4.78 is 42.8. The van der Waals surface area contributed by atoms with E-state index in [2.05, 4.69) is 45.6 Å². The van der Waals surface area contributed by atoms with E-state index in [1.54, 1.807) is 14.0 Å². The third-order valence-electron chi connectivity index (χ3n) is 22.1. The zero-order valence-corrected chi connectivity index (χ0v) is 56.5. The summed E-state index contributed by atoms with van der Waals surface area (Å²) in [5.74, 6) is -1.66. The highest BCUT2D eigenvalue weighted by Gasteiger charge is 2.82. The Balaban J connectivity index is 0.842. The van der Waals surface area contributed by atoms with Gasteiger partial charge in [-0.15, -0.1) is 0 Å². The van der Waals surface area contributed by atoms with E-state index < -0.39 is 46.5 Å². The molecule has 1 N–H and O–H groups in total. The number of hydrogen-bond donors (Lipinski definition) is 1. The number of hydrogen-bond acceptors (Lipinski definition) is 14. The van der Waals surface area contributed by atoms with E-state index in [1.807, 2.05) is 13.0 Å². The Hall–Kier alpha value is -3.75. The monoisotopic (exact) mass is 1230 g/mol. The van der Waals surface area contributed by atoms with Crippen molar-refractivity contribution in [3.63, 3.8) is 0 Å². The molecule has 3 unspecified atom stereocenters. The molecule has 1 aromatic rings. The number of aliphatic hydroxyl groups is 1. The fraction of sp³-hybridized carbons (Fsp3) is 0.851. The molecule has 0 amide bonds. The summed E-state index contributed by atoms with van der Waals surface area (Å²) in [4.78, 5) is 68.7. The summed E-state index contributed by atoms with van der Waals surface area (Å²) in [7, 11) is 1.80. The predicted octanol–water partition coefficient (Wildman–Crippen LogP) is 16.3. The normalized spacial score (nSPS) is 24.3. The summed E-state index contributed by atoms with van der Waals surface area (Å²) in [6.45, 7) is 16.1. The minimum absolute atomic E-state index is 0.0535. The Kier molecular flexibility index (Phi) is 28.3. The smallest absolute Gasteiger partial charge is 0.311 e. The van der Waals surface area contributed by atoms with Crippen LogP contribution >= 0.6 is 0 Å². The van der Waals surface area contributed by atoms with Crippen molar-refractivity contribution in [3.05, 3.63) is 23.3 Å². The van der Waals surface area contributed by atoms with Crippen molar-refractivity contribution in [3.8, 4) is 11.5 Å². The number of piperidine rings is 1. The number of methoxy groups -OCH3 is 1. The number of benzene rings is 1. The first-order valence-electron chi connectivity index (χ1n) is 36.1. The lowest BCUT2D eigenvalue weighted by Crippen LogP contribution is -2.83. The van der Waals surface area contributed by atoms with Crippen LogP contribution < -0.4 is 9.47 Å². The third kappa shape index (κ3) is 18.5. The van der Waals surface area contributed by atoms with Gasteiger partial charge >= 0.3 is 29.8 Å². The maximum atomic E-state index is 13.7. The molecule has 4 saturated carbocycles. The van der Waals surface area contributed by atoms with Crippen molar-refractivity contribution in [1.82, 2.24) is 4.90 Å². The molecule has 14 nitrogen and oxygen atoms in total. The Morgan fingerprint density at radius 1 is 0.648 bits per heavy atom. The van der Waals surface area contributed by atoms with E-state index in [1.165, 1.54) is 140 Å². The molecule has 1 saturated heterocycles. The van der Waals surface area contributed by atoms with Gasteiger partial charge in [0.1, 0.15) is 24.9 Å². The Bertz CT molecular complexity index is 2300. The fourth-order valence-corrected chi connectivity index (χ4v) is 16.3. The molecule has 8 rings (SSSR count). The molecular weight excluding hydrogens is 1110 g/mol. The van der Waals surface area contributed by atoms with Gasteiger partial charge in [-0.1, -0.05) is 202 Å². The molecule has 0 aromatic heterocycles. The molecule has 500 valence electrons. The van der Waals surface area contributed by atoms with Crippen LogP contribution in [0.2, 0.25) is 0 Å². The number of esters is 5. The van der Waals surface area contributed by atoms with Crippen molar-refractivity contribution < 1.29 is 62.2 Å². The first kappa shape index (κ1) is 71.7. The minimum atomic E-state index is -1.04. The predicted molar refractivity (Wildman–Crippen MR) is 345 cm³/mol. The second kappa shape index (κ2) is 34.8. The number of unbranched alkanes of at least 4 members (excludes halogenated alkanes) is 25. The van der Waals surface area contributed by atoms with Gasteiger partial charge in [-0.05, 0) is 107 Å². The zero-order chi connectivity index (χ0) is 63.2. The molecule has 5 fully saturated rings. The quantitative estimate of drug-likeness (QED) is 0.0283. The van der Waals surface area contributed by atoms with Gasteiger partial charge in [-0.2, -0.15) is 0 Å². The maximum Gasteiger partial charge on any atom is 0.311 e. The number of carbonyl (C=O) groups excluding carboxylic acids is 5. The van der Waals surface area contributed by atoms with E-state index in [9.17, 15) is 29.1 Å². The largest absolute Gasteiger partial charge is 0.482 e. The fourth-order valence-electron chi connectivity index (χ4n) is 16.3. The summed E-state index contributed by atoms with van der Waals surface area (Å²) in [5, 5.41) is 12.6. The lowest BCUT2D eigenvalue weighted by atomic mass is 9.33. The van der Waals surface area contributed by atoms with E-state index in [-0.39, 0.29) is 80.3 Å². The highest BCUT2D eigenvalue weighted by molar-refractivity contribution is 5.80. The van der Waals surface area contributed by atoms with Gasteiger partial charge in [0.2, 0.25) is 0 Å². The SMILES string of the molecule is CCCCCCCCCCCCCCCC(=O)OCC(COC(=O)CCCCCCCCCCCCCCC)OC(=O)C(C)CC(=O)OCCCCC(=O)Oc1ccc2c3c1O[C@H]1[C@@]4(OC)CC[C@@]5(C[C@@H]4C(C)(O)C(C)(C)C)C(C2)N(CC2CC2)CC[C@]315. The highest BCUT2D eigenvalue weighted by Crippen LogP contribution is 2.78. The first-order valence-corrected chi connectivity index (χ1v) is 36.1. The number of likely N-dealkylation sites (tertiary alicyclic amines) is 1. The van der Waals surface area contributed by atoms with Crippen LogP contribution in [0.15, 0.2) is 12.1 Å². The van der Waals surface area contributed by atoms with Crippen molar-refractivity contribution in [2.24, 2.45) is 28.6 Å². The lowest BCUT2D eigenvalue weighted by Gasteiger charge is -2.75. The molecule has 1 aromatic carbocycles. The number of rotatable bonds is 46. The van der Waals surface area contributed by atoms with Gasteiger partial charge < -0.3 is 38.3 Å². The van der Waals surface area contributed by atoms with Gasteiger partial charge in [0.25, 0.3) is 0 Å². The Morgan fingerprint density at radius 3 is 1.67 bits per heavy atom. The second-order valence-corrected chi connectivity index (χ2v) is 29.4. The van der Waals surface area contributed by atoms with E-state index >= 15 is 0 Å². The molecular formula is C74H121NO13. The van der Waals surface area contributed by atoms with E-state index in [4.69, 9.17) is 33.2 Å². The molecule has 4 bridgehead atoms. The van der Waals surface area contributed by atoms with Crippen LogP contribution in [0.3, 0.4) is 0 Å². The van der Waals surface area contributed by atoms with E-state index in [0.29, 0.717) is 43.2 Å². The van der Waals surface area contributed by atoms with Crippen molar-refractivity contribution >= 4 is 29.8 Å². The molecule has 2 spiro atoms.